The van der Waals surface area contributed by atoms with Gasteiger partial charge in [-0.15, -0.1) is 0 Å². The third kappa shape index (κ3) is 3.20. The van der Waals surface area contributed by atoms with E-state index in [1.165, 1.54) is 5.56 Å². The number of anilines is 1. The number of hydrogen-bond acceptors (Lipinski definition) is 4. The van der Waals surface area contributed by atoms with E-state index in [2.05, 4.69) is 23.3 Å². The molecule has 1 unspecified atom stereocenters. The minimum atomic E-state index is -0.239. The Labute approximate surface area is 164 Å². The number of para-hydroxylation sites is 1. The Morgan fingerprint density at radius 3 is 2.93 bits per heavy atom. The van der Waals surface area contributed by atoms with Gasteiger partial charge in [0.05, 0.1) is 12.3 Å². The Hall–Kier alpha value is -2.67. The van der Waals surface area contributed by atoms with E-state index in [4.69, 9.17) is 4.74 Å². The number of methoxy groups -OCH3 is 1. The number of benzene rings is 1. The Morgan fingerprint density at radius 1 is 1.29 bits per heavy atom. The van der Waals surface area contributed by atoms with Crippen LogP contribution in [0, 0.1) is 0 Å². The predicted molar refractivity (Wildman–Crippen MR) is 106 cm³/mol. The minimum Gasteiger partial charge on any atom is -0.383 e. The fraction of sp³-hybridized carbons (Fsp3) is 0.476. The Bertz CT molecular complexity index is 905. The van der Waals surface area contributed by atoms with E-state index in [1.807, 2.05) is 27.7 Å². The van der Waals surface area contributed by atoms with Crippen LogP contribution in [0.4, 0.5) is 5.69 Å². The Morgan fingerprint density at radius 2 is 2.11 bits per heavy atom. The Balaban J connectivity index is 1.68. The van der Waals surface area contributed by atoms with Crippen molar-refractivity contribution in [1.82, 2.24) is 14.9 Å². The molecule has 1 aromatic heterocycles. The molecule has 1 N–H and O–H groups in total. The van der Waals surface area contributed by atoms with Crippen molar-refractivity contribution in [3.63, 3.8) is 0 Å². The Kier molecular flexibility index (Phi) is 5.17. The zero-order valence-corrected chi connectivity index (χ0v) is 16.4. The molecule has 28 heavy (non-hydrogen) atoms. The van der Waals surface area contributed by atoms with Gasteiger partial charge in [-0.1, -0.05) is 18.2 Å². The van der Waals surface area contributed by atoms with Gasteiger partial charge in [-0.3, -0.25) is 9.59 Å². The number of carbonyl (C=O) groups is 2. The van der Waals surface area contributed by atoms with Crippen molar-refractivity contribution in [2.45, 2.75) is 45.2 Å². The van der Waals surface area contributed by atoms with Crippen LogP contribution >= 0.6 is 0 Å². The van der Waals surface area contributed by atoms with Crippen molar-refractivity contribution in [3.8, 4) is 0 Å². The first kappa shape index (κ1) is 18.7. The second-order valence-electron chi connectivity index (χ2n) is 7.45. The van der Waals surface area contributed by atoms with Gasteiger partial charge in [0.25, 0.3) is 11.8 Å². The monoisotopic (exact) mass is 382 g/mol. The third-order valence-corrected chi connectivity index (χ3v) is 5.54. The number of imidazole rings is 1. The molecule has 7 nitrogen and oxygen atoms in total. The summed E-state index contributed by atoms with van der Waals surface area (Å²) >= 11 is 0. The summed E-state index contributed by atoms with van der Waals surface area (Å²) in [7, 11) is 1.59. The molecule has 0 radical (unpaired) electrons. The van der Waals surface area contributed by atoms with Gasteiger partial charge < -0.3 is 19.5 Å². The molecule has 148 valence electrons. The zero-order chi connectivity index (χ0) is 19.7. The van der Waals surface area contributed by atoms with E-state index in [9.17, 15) is 9.59 Å². The van der Waals surface area contributed by atoms with Gasteiger partial charge in [-0.2, -0.15) is 0 Å². The van der Waals surface area contributed by atoms with Gasteiger partial charge in [0, 0.05) is 31.9 Å². The predicted octanol–water partition coefficient (Wildman–Crippen LogP) is 2.19. The minimum absolute atomic E-state index is 0.0698. The molecule has 0 saturated carbocycles. The van der Waals surface area contributed by atoms with E-state index >= 15 is 0 Å². The average Bonchev–Trinajstić information content (AvgIpc) is 3.25. The fourth-order valence-corrected chi connectivity index (χ4v) is 4.22. The number of amides is 2. The maximum Gasteiger partial charge on any atom is 0.294 e. The number of aromatic nitrogens is 2. The molecule has 0 bridgehead atoms. The number of carbonyl (C=O) groups excluding carboxylic acids is 2. The molecular weight excluding hydrogens is 356 g/mol. The highest BCUT2D eigenvalue weighted by Gasteiger charge is 2.36. The van der Waals surface area contributed by atoms with Crippen LogP contribution in [0.3, 0.4) is 0 Å². The van der Waals surface area contributed by atoms with Crippen molar-refractivity contribution >= 4 is 17.5 Å². The first-order valence-electron chi connectivity index (χ1n) is 9.89. The highest BCUT2D eigenvalue weighted by Crippen LogP contribution is 2.33. The lowest BCUT2D eigenvalue weighted by Gasteiger charge is -2.24. The molecule has 1 aromatic carbocycles. The van der Waals surface area contributed by atoms with Crippen molar-refractivity contribution in [3.05, 3.63) is 47.0 Å². The second kappa shape index (κ2) is 7.75. The molecule has 0 fully saturated rings. The summed E-state index contributed by atoms with van der Waals surface area (Å²) < 4.78 is 6.94. The average molecular weight is 382 g/mol. The number of hydrogen-bond donors (Lipinski definition) is 1. The number of nitrogens with one attached hydrogen (secondary N) is 1. The van der Waals surface area contributed by atoms with Crippen molar-refractivity contribution in [2.75, 3.05) is 25.2 Å². The summed E-state index contributed by atoms with van der Waals surface area (Å²) in [5.41, 5.74) is 3.36. The van der Waals surface area contributed by atoms with Gasteiger partial charge >= 0.3 is 0 Å². The summed E-state index contributed by atoms with van der Waals surface area (Å²) in [6.07, 6.45) is 3.58. The molecule has 0 saturated heterocycles. The highest BCUT2D eigenvalue weighted by atomic mass is 16.5. The van der Waals surface area contributed by atoms with Gasteiger partial charge in [-0.25, -0.2) is 4.98 Å². The van der Waals surface area contributed by atoms with Gasteiger partial charge in [-0.05, 0) is 44.2 Å². The van der Waals surface area contributed by atoms with Crippen LogP contribution in [0.1, 0.15) is 52.1 Å². The third-order valence-electron chi connectivity index (χ3n) is 5.54. The number of rotatable bonds is 5. The topological polar surface area (TPSA) is 76.5 Å². The van der Waals surface area contributed by atoms with E-state index in [1.54, 1.807) is 7.11 Å². The number of ether oxygens (including phenoxy) is 1. The zero-order valence-electron chi connectivity index (χ0n) is 16.4. The molecule has 7 heteroatoms. The van der Waals surface area contributed by atoms with Gasteiger partial charge in [0.1, 0.15) is 5.69 Å². The number of nitrogens with zero attached hydrogens (tertiary/aromatic N) is 3. The SMILES string of the molecule is COCCNC(=O)c1nc(C(=O)N2c3ccccc3CC2C)n2c1CCCC2. The fourth-order valence-electron chi connectivity index (χ4n) is 4.22. The maximum absolute atomic E-state index is 13.5. The summed E-state index contributed by atoms with van der Waals surface area (Å²) in [5, 5.41) is 2.83. The summed E-state index contributed by atoms with van der Waals surface area (Å²) in [6.45, 7) is 3.63. The van der Waals surface area contributed by atoms with Crippen LogP contribution in [0.15, 0.2) is 24.3 Å². The van der Waals surface area contributed by atoms with Gasteiger partial charge in [0.15, 0.2) is 0 Å². The summed E-state index contributed by atoms with van der Waals surface area (Å²) in [4.78, 5) is 32.5. The van der Waals surface area contributed by atoms with E-state index in [0.29, 0.717) is 24.7 Å². The van der Waals surface area contributed by atoms with Crippen LogP contribution < -0.4 is 10.2 Å². The molecule has 2 amide bonds. The molecule has 1 atom stereocenters. The summed E-state index contributed by atoms with van der Waals surface area (Å²) in [6, 6.07) is 8.07. The van der Waals surface area contributed by atoms with E-state index in [0.717, 1.165) is 43.6 Å². The van der Waals surface area contributed by atoms with Crippen LogP contribution in [0.25, 0.3) is 0 Å². The molecule has 2 aliphatic rings. The van der Waals surface area contributed by atoms with Crippen LogP contribution in [0.2, 0.25) is 0 Å². The van der Waals surface area contributed by atoms with Crippen LogP contribution in [0.5, 0.6) is 0 Å². The maximum atomic E-state index is 13.5. The molecule has 0 aliphatic carbocycles. The largest absolute Gasteiger partial charge is 0.383 e. The lowest BCUT2D eigenvalue weighted by atomic mass is 10.1. The van der Waals surface area contributed by atoms with Crippen molar-refractivity contribution < 1.29 is 14.3 Å². The van der Waals surface area contributed by atoms with Crippen molar-refractivity contribution in [1.29, 1.82) is 0 Å². The van der Waals surface area contributed by atoms with Gasteiger partial charge in [0.2, 0.25) is 5.82 Å². The first-order valence-corrected chi connectivity index (χ1v) is 9.89. The molecule has 2 aliphatic heterocycles. The molecule has 0 spiro atoms. The molecule has 3 heterocycles. The van der Waals surface area contributed by atoms with Crippen LogP contribution in [-0.4, -0.2) is 47.7 Å². The van der Waals surface area contributed by atoms with Crippen molar-refractivity contribution in [2.24, 2.45) is 0 Å². The normalized spacial score (nSPS) is 17.9. The molecule has 2 aromatic rings. The number of fused-ring (bicyclic) bond motifs is 2. The lowest BCUT2D eigenvalue weighted by molar-refractivity contribution is 0.0931. The summed E-state index contributed by atoms with van der Waals surface area (Å²) in [5.74, 6) is 0.00306. The quantitative estimate of drug-likeness (QED) is 0.805. The molecule has 4 rings (SSSR count). The lowest BCUT2D eigenvalue weighted by Crippen LogP contribution is -2.37. The van der Waals surface area contributed by atoms with E-state index < -0.39 is 0 Å². The van der Waals surface area contributed by atoms with Crippen LogP contribution in [-0.2, 0) is 24.1 Å². The van der Waals surface area contributed by atoms with E-state index in [-0.39, 0.29) is 17.9 Å². The standard InChI is InChI=1S/C21H26N4O3/c1-14-13-15-7-3-4-8-16(15)25(14)21(27)19-23-18(20(26)22-10-12-28-2)17-9-5-6-11-24(17)19/h3-4,7-8,14H,5-6,9-13H2,1-2H3,(H,22,26). The molecular formula is C21H26N4O3. The highest BCUT2D eigenvalue weighted by molar-refractivity contribution is 6.07. The first-order chi connectivity index (χ1) is 13.6. The smallest absolute Gasteiger partial charge is 0.294 e. The second-order valence-corrected chi connectivity index (χ2v) is 7.45.